The van der Waals surface area contributed by atoms with Gasteiger partial charge in [0.15, 0.2) is 10.9 Å². The lowest BCUT2D eigenvalue weighted by molar-refractivity contribution is 0.147. The van der Waals surface area contributed by atoms with Crippen LogP contribution in [0.5, 0.6) is 0 Å². The number of piperidine rings is 1. The maximum Gasteiger partial charge on any atom is 0.229 e. The molecule has 4 rings (SSSR count). The molecule has 0 atom stereocenters. The number of likely N-dealkylation sites (tertiary alicyclic amines) is 1. The highest BCUT2D eigenvalue weighted by Gasteiger charge is 2.21. The molecule has 0 unspecified atom stereocenters. The molecule has 31 heavy (non-hydrogen) atoms. The SMILES string of the molecule is Cl.OCCN1CCC(Cc2nc(Nc3ncc(-c4ccc(F)cc4)s3)ncc2F)CC1. The molecule has 1 aliphatic heterocycles. The van der Waals surface area contributed by atoms with Crippen LogP contribution in [0, 0.1) is 17.6 Å². The minimum Gasteiger partial charge on any atom is -0.395 e. The molecule has 0 bridgehead atoms. The van der Waals surface area contributed by atoms with Gasteiger partial charge >= 0.3 is 0 Å². The predicted molar refractivity (Wildman–Crippen MR) is 120 cm³/mol. The third-order valence-electron chi connectivity index (χ3n) is 5.28. The Bertz CT molecular complexity index is 980. The van der Waals surface area contributed by atoms with E-state index < -0.39 is 5.82 Å². The summed E-state index contributed by atoms with van der Waals surface area (Å²) < 4.78 is 27.4. The van der Waals surface area contributed by atoms with Crippen LogP contribution in [0.25, 0.3) is 10.4 Å². The minimum atomic E-state index is -0.399. The van der Waals surface area contributed by atoms with Crippen molar-refractivity contribution in [2.24, 2.45) is 5.92 Å². The molecule has 1 aromatic carbocycles. The van der Waals surface area contributed by atoms with Crippen LogP contribution in [0.15, 0.2) is 36.7 Å². The van der Waals surface area contributed by atoms with E-state index in [2.05, 4.69) is 25.2 Å². The molecule has 3 heterocycles. The number of aliphatic hydroxyl groups excluding tert-OH is 1. The maximum absolute atomic E-state index is 14.3. The summed E-state index contributed by atoms with van der Waals surface area (Å²) in [5.74, 6) is -0.0105. The molecule has 0 saturated carbocycles. The second-order valence-corrected chi connectivity index (χ2v) is 8.39. The lowest BCUT2D eigenvalue weighted by Crippen LogP contribution is -2.36. The average Bonchev–Trinajstić information content (AvgIpc) is 3.21. The topological polar surface area (TPSA) is 74.2 Å². The van der Waals surface area contributed by atoms with Gasteiger partial charge in [0, 0.05) is 12.7 Å². The largest absolute Gasteiger partial charge is 0.395 e. The number of nitrogens with one attached hydrogen (secondary N) is 1. The van der Waals surface area contributed by atoms with E-state index >= 15 is 0 Å². The fourth-order valence-electron chi connectivity index (χ4n) is 3.61. The molecule has 1 aliphatic rings. The summed E-state index contributed by atoms with van der Waals surface area (Å²) in [7, 11) is 0. The van der Waals surface area contributed by atoms with Gasteiger partial charge in [0.25, 0.3) is 0 Å². The van der Waals surface area contributed by atoms with Crippen molar-refractivity contribution >= 4 is 34.8 Å². The smallest absolute Gasteiger partial charge is 0.229 e. The van der Waals surface area contributed by atoms with Crippen molar-refractivity contribution in [1.82, 2.24) is 19.9 Å². The Hall–Kier alpha value is -2.20. The third kappa shape index (κ3) is 6.16. The van der Waals surface area contributed by atoms with Crippen molar-refractivity contribution < 1.29 is 13.9 Å². The van der Waals surface area contributed by atoms with Crippen molar-refractivity contribution in [3.05, 3.63) is 54.0 Å². The number of halogens is 3. The summed E-state index contributed by atoms with van der Waals surface area (Å²) in [5.41, 5.74) is 1.28. The van der Waals surface area contributed by atoms with E-state index in [4.69, 9.17) is 5.11 Å². The second-order valence-electron chi connectivity index (χ2n) is 7.36. The molecular weight excluding hydrogens is 444 g/mol. The van der Waals surface area contributed by atoms with Crippen LogP contribution in [0.3, 0.4) is 0 Å². The fourth-order valence-corrected chi connectivity index (χ4v) is 4.43. The van der Waals surface area contributed by atoms with E-state index in [1.165, 1.54) is 29.7 Å². The van der Waals surface area contributed by atoms with Crippen LogP contribution in [0.2, 0.25) is 0 Å². The highest BCUT2D eigenvalue weighted by atomic mass is 35.5. The number of β-amino-alcohol motifs (C(OH)–C–C–N with tert-alkyl or cyclic N) is 1. The lowest BCUT2D eigenvalue weighted by atomic mass is 9.92. The number of benzene rings is 1. The quantitative estimate of drug-likeness (QED) is 0.540. The van der Waals surface area contributed by atoms with Crippen molar-refractivity contribution in [2.75, 3.05) is 31.6 Å². The molecule has 2 N–H and O–H groups in total. The van der Waals surface area contributed by atoms with Gasteiger partial charge in [-0.05, 0) is 56.0 Å². The summed E-state index contributed by atoms with van der Waals surface area (Å²) >= 11 is 1.39. The Kier molecular flexibility index (Phi) is 8.25. The zero-order chi connectivity index (χ0) is 20.9. The Balaban J connectivity index is 0.00000272. The van der Waals surface area contributed by atoms with Crippen LogP contribution in [0.4, 0.5) is 19.9 Å². The Morgan fingerprint density at radius 1 is 1.10 bits per heavy atom. The first-order valence-electron chi connectivity index (χ1n) is 9.94. The Labute approximate surface area is 189 Å². The number of rotatable bonds is 7. The van der Waals surface area contributed by atoms with Crippen molar-refractivity contribution in [1.29, 1.82) is 0 Å². The summed E-state index contributed by atoms with van der Waals surface area (Å²) in [6.07, 6.45) is 5.37. The second kappa shape index (κ2) is 10.9. The molecule has 1 saturated heterocycles. The molecular formula is C21H24ClF2N5OS. The fraction of sp³-hybridized carbons (Fsp3) is 0.381. The monoisotopic (exact) mass is 467 g/mol. The Morgan fingerprint density at radius 3 is 2.55 bits per heavy atom. The molecule has 3 aromatic rings. The highest BCUT2D eigenvalue weighted by molar-refractivity contribution is 7.18. The first-order chi connectivity index (χ1) is 14.6. The first kappa shape index (κ1) is 23.5. The van der Waals surface area contributed by atoms with Gasteiger partial charge in [0.2, 0.25) is 5.95 Å². The van der Waals surface area contributed by atoms with Gasteiger partial charge in [-0.1, -0.05) is 23.5 Å². The number of anilines is 2. The molecule has 2 aromatic heterocycles. The van der Waals surface area contributed by atoms with E-state index in [1.54, 1.807) is 18.3 Å². The van der Waals surface area contributed by atoms with Gasteiger partial charge in [-0.15, -0.1) is 12.4 Å². The molecule has 0 amide bonds. The van der Waals surface area contributed by atoms with Gasteiger partial charge in [-0.3, -0.25) is 0 Å². The van der Waals surface area contributed by atoms with Gasteiger partial charge in [0.1, 0.15) is 5.82 Å². The van der Waals surface area contributed by atoms with Gasteiger partial charge in [-0.2, -0.15) is 0 Å². The predicted octanol–water partition coefficient (Wildman–Crippen LogP) is 4.29. The molecule has 10 heteroatoms. The maximum atomic E-state index is 14.3. The number of aromatic nitrogens is 3. The Morgan fingerprint density at radius 2 is 1.84 bits per heavy atom. The number of hydrogen-bond acceptors (Lipinski definition) is 7. The number of hydrogen-bond donors (Lipinski definition) is 2. The van der Waals surface area contributed by atoms with Crippen molar-refractivity contribution in [3.8, 4) is 10.4 Å². The molecule has 0 spiro atoms. The van der Waals surface area contributed by atoms with E-state index in [-0.39, 0.29) is 24.8 Å². The molecule has 166 valence electrons. The number of aliphatic hydroxyl groups is 1. The summed E-state index contributed by atoms with van der Waals surface area (Å²) in [5, 5.41) is 12.7. The van der Waals surface area contributed by atoms with E-state index in [0.717, 1.165) is 36.4 Å². The zero-order valence-corrected chi connectivity index (χ0v) is 18.4. The van der Waals surface area contributed by atoms with E-state index in [0.29, 0.717) is 35.7 Å². The van der Waals surface area contributed by atoms with Crippen LogP contribution < -0.4 is 5.32 Å². The van der Waals surface area contributed by atoms with Crippen molar-refractivity contribution in [2.45, 2.75) is 19.3 Å². The average molecular weight is 468 g/mol. The van der Waals surface area contributed by atoms with Gasteiger partial charge in [-0.25, -0.2) is 23.7 Å². The molecule has 6 nitrogen and oxygen atoms in total. The zero-order valence-electron chi connectivity index (χ0n) is 16.8. The number of thiazole rings is 1. The molecule has 0 aliphatic carbocycles. The normalized spacial score (nSPS) is 14.9. The summed E-state index contributed by atoms with van der Waals surface area (Å²) in [6, 6.07) is 6.22. The summed E-state index contributed by atoms with van der Waals surface area (Å²) in [6.45, 7) is 2.68. The lowest BCUT2D eigenvalue weighted by Gasteiger charge is -2.31. The third-order valence-corrected chi connectivity index (χ3v) is 6.24. The summed E-state index contributed by atoms with van der Waals surface area (Å²) in [4.78, 5) is 15.8. The van der Waals surface area contributed by atoms with Crippen LogP contribution in [-0.4, -0.2) is 51.2 Å². The first-order valence-corrected chi connectivity index (χ1v) is 10.8. The van der Waals surface area contributed by atoms with E-state index in [1.807, 2.05) is 0 Å². The molecule has 0 radical (unpaired) electrons. The van der Waals surface area contributed by atoms with Crippen LogP contribution in [-0.2, 0) is 6.42 Å². The highest BCUT2D eigenvalue weighted by Crippen LogP contribution is 2.30. The van der Waals surface area contributed by atoms with Crippen LogP contribution >= 0.6 is 23.7 Å². The van der Waals surface area contributed by atoms with Crippen molar-refractivity contribution in [3.63, 3.8) is 0 Å². The van der Waals surface area contributed by atoms with Gasteiger partial charge < -0.3 is 15.3 Å². The van der Waals surface area contributed by atoms with Crippen LogP contribution in [0.1, 0.15) is 18.5 Å². The van der Waals surface area contributed by atoms with Gasteiger partial charge in [0.05, 0.1) is 23.4 Å². The standard InChI is InChI=1S/C21H23F2N5OS.ClH/c22-16-3-1-15(2-4-16)19-13-25-21(30-19)27-20-24-12-17(23)18(26-20)11-14-5-7-28(8-6-14)9-10-29;/h1-4,12-14,29H,5-11H2,(H,24,25,26,27);1H. The van der Waals surface area contributed by atoms with E-state index in [9.17, 15) is 8.78 Å². The molecule has 1 fully saturated rings. The number of nitrogens with zero attached hydrogens (tertiary/aromatic N) is 4. The minimum absolute atomic E-state index is 0.